The number of fused-ring (bicyclic) bond motifs is 1. The molecule has 1 amide bonds. The standard InChI is InChI=1S/C16H14FN5O2/c17-10-3-4-11-12(5-10)21-16(20-11)22-15(23)13-6-19-14(7-18-13)24-8-9-1-2-9/h3-7,9H,1-2,8H2,(H2,20,21,22,23). The van der Waals surface area contributed by atoms with Gasteiger partial charge in [-0.05, 0) is 37.0 Å². The Bertz CT molecular complexity index is 889. The van der Waals surface area contributed by atoms with E-state index >= 15 is 0 Å². The summed E-state index contributed by atoms with van der Waals surface area (Å²) in [7, 11) is 0. The number of amides is 1. The smallest absolute Gasteiger partial charge is 0.278 e. The van der Waals surface area contributed by atoms with Gasteiger partial charge in [0.15, 0.2) is 0 Å². The number of carbonyl (C=O) groups is 1. The summed E-state index contributed by atoms with van der Waals surface area (Å²) in [6, 6.07) is 4.15. The molecule has 2 N–H and O–H groups in total. The van der Waals surface area contributed by atoms with Gasteiger partial charge < -0.3 is 9.72 Å². The highest BCUT2D eigenvalue weighted by molar-refractivity contribution is 6.02. The maximum absolute atomic E-state index is 13.2. The monoisotopic (exact) mass is 327 g/mol. The molecule has 0 atom stereocenters. The number of carbonyl (C=O) groups excluding carboxylic acids is 1. The Morgan fingerprint density at radius 1 is 1.33 bits per heavy atom. The van der Waals surface area contributed by atoms with Crippen LogP contribution in [0.25, 0.3) is 11.0 Å². The normalized spacial score (nSPS) is 13.9. The Kier molecular flexibility index (Phi) is 3.56. The maximum Gasteiger partial charge on any atom is 0.278 e. The number of rotatable bonds is 5. The molecule has 2 heterocycles. The van der Waals surface area contributed by atoms with Gasteiger partial charge in [-0.3, -0.25) is 10.1 Å². The highest BCUT2D eigenvalue weighted by Gasteiger charge is 2.22. The highest BCUT2D eigenvalue weighted by Crippen LogP contribution is 2.29. The van der Waals surface area contributed by atoms with Crippen molar-refractivity contribution in [3.05, 3.63) is 42.1 Å². The van der Waals surface area contributed by atoms with E-state index in [0.29, 0.717) is 29.4 Å². The minimum atomic E-state index is -0.462. The quantitative estimate of drug-likeness (QED) is 0.751. The summed E-state index contributed by atoms with van der Waals surface area (Å²) in [4.78, 5) is 27.3. The molecule has 0 saturated heterocycles. The topological polar surface area (TPSA) is 92.8 Å². The van der Waals surface area contributed by atoms with Crippen LogP contribution in [-0.4, -0.2) is 32.4 Å². The van der Waals surface area contributed by atoms with E-state index < -0.39 is 5.91 Å². The molecular formula is C16H14FN5O2. The van der Waals surface area contributed by atoms with Crippen LogP contribution in [0.2, 0.25) is 0 Å². The minimum Gasteiger partial charge on any atom is -0.476 e. The molecule has 1 fully saturated rings. The second-order valence-electron chi connectivity index (χ2n) is 5.70. The van der Waals surface area contributed by atoms with Gasteiger partial charge in [0.1, 0.15) is 11.5 Å². The second kappa shape index (κ2) is 5.88. The van der Waals surface area contributed by atoms with Crippen molar-refractivity contribution < 1.29 is 13.9 Å². The number of benzene rings is 1. The summed E-state index contributed by atoms with van der Waals surface area (Å²) < 4.78 is 18.6. The lowest BCUT2D eigenvalue weighted by Gasteiger charge is -2.04. The van der Waals surface area contributed by atoms with Crippen molar-refractivity contribution in [2.75, 3.05) is 11.9 Å². The molecule has 122 valence electrons. The van der Waals surface area contributed by atoms with Crippen molar-refractivity contribution in [3.8, 4) is 5.88 Å². The first-order valence-corrected chi connectivity index (χ1v) is 7.59. The van der Waals surface area contributed by atoms with E-state index in [0.717, 1.165) is 0 Å². The SMILES string of the molecule is O=C(Nc1nc2ccc(F)cc2[nH]1)c1cnc(OCC2CC2)cn1. The lowest BCUT2D eigenvalue weighted by Crippen LogP contribution is -2.15. The van der Waals surface area contributed by atoms with Gasteiger partial charge in [-0.25, -0.2) is 19.3 Å². The summed E-state index contributed by atoms with van der Waals surface area (Å²) in [6.07, 6.45) is 5.15. The van der Waals surface area contributed by atoms with Crippen molar-refractivity contribution in [1.82, 2.24) is 19.9 Å². The average molecular weight is 327 g/mol. The molecule has 24 heavy (non-hydrogen) atoms. The number of imidazole rings is 1. The van der Waals surface area contributed by atoms with Crippen LogP contribution in [0.4, 0.5) is 10.3 Å². The molecule has 1 aliphatic carbocycles. The van der Waals surface area contributed by atoms with Crippen LogP contribution in [0.1, 0.15) is 23.3 Å². The average Bonchev–Trinajstić information content (AvgIpc) is 3.33. The number of halogens is 1. The first kappa shape index (κ1) is 14.6. The number of hydrogen-bond acceptors (Lipinski definition) is 5. The van der Waals surface area contributed by atoms with Crippen LogP contribution >= 0.6 is 0 Å². The number of anilines is 1. The van der Waals surface area contributed by atoms with Crippen LogP contribution in [0.5, 0.6) is 5.88 Å². The van der Waals surface area contributed by atoms with Gasteiger partial charge in [0.05, 0.1) is 30.0 Å². The van der Waals surface area contributed by atoms with Crippen molar-refractivity contribution in [1.29, 1.82) is 0 Å². The fourth-order valence-corrected chi connectivity index (χ4v) is 2.21. The van der Waals surface area contributed by atoms with Gasteiger partial charge in [-0.2, -0.15) is 0 Å². The van der Waals surface area contributed by atoms with Gasteiger partial charge in [-0.15, -0.1) is 0 Å². The van der Waals surface area contributed by atoms with Crippen molar-refractivity contribution in [2.45, 2.75) is 12.8 Å². The zero-order valence-electron chi connectivity index (χ0n) is 12.6. The summed E-state index contributed by atoms with van der Waals surface area (Å²) in [5, 5.41) is 2.58. The predicted molar refractivity (Wildman–Crippen MR) is 84.3 cm³/mol. The Morgan fingerprint density at radius 2 is 2.21 bits per heavy atom. The van der Waals surface area contributed by atoms with E-state index in [9.17, 15) is 9.18 Å². The number of aromatic amines is 1. The van der Waals surface area contributed by atoms with E-state index in [1.165, 1.54) is 43.4 Å². The molecule has 1 aliphatic rings. The first-order valence-electron chi connectivity index (χ1n) is 7.59. The molecule has 3 aromatic rings. The molecule has 2 aromatic heterocycles. The molecule has 8 heteroatoms. The molecule has 0 bridgehead atoms. The van der Waals surface area contributed by atoms with E-state index in [-0.39, 0.29) is 17.5 Å². The van der Waals surface area contributed by atoms with E-state index in [2.05, 4.69) is 25.3 Å². The lowest BCUT2D eigenvalue weighted by molar-refractivity contribution is 0.102. The van der Waals surface area contributed by atoms with Gasteiger partial charge >= 0.3 is 0 Å². The van der Waals surface area contributed by atoms with E-state index in [4.69, 9.17) is 4.74 Å². The van der Waals surface area contributed by atoms with Crippen molar-refractivity contribution in [2.24, 2.45) is 5.92 Å². The Hall–Kier alpha value is -3.03. The molecule has 0 spiro atoms. The molecule has 1 saturated carbocycles. The van der Waals surface area contributed by atoms with Gasteiger partial charge in [0, 0.05) is 0 Å². The van der Waals surface area contributed by atoms with Crippen LogP contribution in [-0.2, 0) is 0 Å². The van der Waals surface area contributed by atoms with Gasteiger partial charge in [0.2, 0.25) is 11.8 Å². The number of hydrogen-bond donors (Lipinski definition) is 2. The summed E-state index contributed by atoms with van der Waals surface area (Å²) >= 11 is 0. The largest absolute Gasteiger partial charge is 0.476 e. The third-order valence-corrected chi connectivity index (χ3v) is 3.70. The number of H-pyrrole nitrogens is 1. The third-order valence-electron chi connectivity index (χ3n) is 3.70. The molecule has 0 radical (unpaired) electrons. The van der Waals surface area contributed by atoms with Crippen LogP contribution < -0.4 is 10.1 Å². The Labute approximate surface area is 136 Å². The molecule has 0 unspecified atom stereocenters. The van der Waals surface area contributed by atoms with E-state index in [1.807, 2.05) is 0 Å². The predicted octanol–water partition coefficient (Wildman–Crippen LogP) is 2.53. The number of nitrogens with zero attached hydrogens (tertiary/aromatic N) is 3. The molecule has 0 aliphatic heterocycles. The lowest BCUT2D eigenvalue weighted by atomic mass is 10.3. The van der Waals surface area contributed by atoms with Gasteiger partial charge in [-0.1, -0.05) is 0 Å². The van der Waals surface area contributed by atoms with Crippen LogP contribution in [0.15, 0.2) is 30.6 Å². The first-order chi connectivity index (χ1) is 11.7. The zero-order chi connectivity index (χ0) is 16.5. The summed E-state index contributed by atoms with van der Waals surface area (Å²) in [5.74, 6) is 0.397. The van der Waals surface area contributed by atoms with E-state index in [1.54, 1.807) is 0 Å². The fraction of sp³-hybridized carbons (Fsp3) is 0.250. The second-order valence-corrected chi connectivity index (χ2v) is 5.70. The Balaban J connectivity index is 1.44. The third kappa shape index (κ3) is 3.17. The van der Waals surface area contributed by atoms with Crippen LogP contribution in [0.3, 0.4) is 0 Å². The zero-order valence-corrected chi connectivity index (χ0v) is 12.6. The number of aromatic nitrogens is 4. The number of nitrogens with one attached hydrogen (secondary N) is 2. The van der Waals surface area contributed by atoms with Crippen molar-refractivity contribution in [3.63, 3.8) is 0 Å². The molecular weight excluding hydrogens is 313 g/mol. The molecule has 1 aromatic carbocycles. The summed E-state index contributed by atoms with van der Waals surface area (Å²) in [6.45, 7) is 0.635. The maximum atomic E-state index is 13.2. The fourth-order valence-electron chi connectivity index (χ4n) is 2.21. The summed E-state index contributed by atoms with van der Waals surface area (Å²) in [5.41, 5.74) is 1.20. The Morgan fingerprint density at radius 3 is 2.96 bits per heavy atom. The number of ether oxygens (including phenoxy) is 1. The highest BCUT2D eigenvalue weighted by atomic mass is 19.1. The van der Waals surface area contributed by atoms with Gasteiger partial charge in [0.25, 0.3) is 5.91 Å². The van der Waals surface area contributed by atoms with Crippen molar-refractivity contribution >= 4 is 22.9 Å². The molecule has 4 rings (SSSR count). The minimum absolute atomic E-state index is 0.139. The van der Waals surface area contributed by atoms with Crippen LogP contribution in [0, 0.1) is 11.7 Å². The molecule has 7 nitrogen and oxygen atoms in total.